The predicted octanol–water partition coefficient (Wildman–Crippen LogP) is -6.08. The van der Waals surface area contributed by atoms with Gasteiger partial charge in [-0.25, -0.2) is 0 Å². The van der Waals surface area contributed by atoms with Crippen molar-refractivity contribution in [3.05, 3.63) is 0 Å². The predicted molar refractivity (Wildman–Crippen MR) is 39.6 cm³/mol. The molecule has 0 aliphatic carbocycles. The van der Waals surface area contributed by atoms with Crippen LogP contribution in [0.4, 0.5) is 0 Å². The monoisotopic (exact) mass is 222 g/mol. The second kappa shape index (κ2) is 8.93. The maximum absolute atomic E-state index is 10.1. The Balaban J connectivity index is -0.000000605. The smallest absolute Gasteiger partial charge is 0.723 e. The van der Waals surface area contributed by atoms with Crippen LogP contribution >= 0.6 is 0 Å². The first kappa shape index (κ1) is 21.2. The first-order valence-electron chi connectivity index (χ1n) is 3.95. The molecule has 0 N–H and O–H groups in total. The molecule has 74 valence electrons. The summed E-state index contributed by atoms with van der Waals surface area (Å²) in [6.07, 6.45) is 1.01. The Morgan fingerprint density at radius 3 is 1.14 bits per heavy atom. The zero-order valence-corrected chi connectivity index (χ0v) is 14.0. The molecule has 6 heteroatoms. The standard InChI is InChI=1S/C8H18O4.2Na/c1-7(2,11-9)5-6-8(3,4)12-10;;/h9-10H,5-6H2,1-4H3;;/q;2*+1/p-2. The van der Waals surface area contributed by atoms with E-state index in [0.717, 1.165) is 0 Å². The van der Waals surface area contributed by atoms with Crippen LogP contribution < -0.4 is 69.6 Å². The van der Waals surface area contributed by atoms with Crippen molar-refractivity contribution < 1.29 is 79.4 Å². The second-order valence-electron chi connectivity index (χ2n) is 4.19. The Kier molecular flexibility index (Phi) is 13.5. The molecule has 0 rings (SSSR count). The summed E-state index contributed by atoms with van der Waals surface area (Å²) in [6.45, 7) is 6.73. The molecular weight excluding hydrogens is 206 g/mol. The molecule has 0 aromatic heterocycles. The molecule has 0 fully saturated rings. The summed E-state index contributed by atoms with van der Waals surface area (Å²) in [7, 11) is 0. The fourth-order valence-electron chi connectivity index (χ4n) is 0.685. The normalized spacial score (nSPS) is 11.6. The average Bonchev–Trinajstić information content (AvgIpc) is 2.02. The van der Waals surface area contributed by atoms with Gasteiger partial charge in [-0.05, 0) is 40.5 Å². The molecular formula is C8H16Na2O4. The van der Waals surface area contributed by atoms with E-state index in [-0.39, 0.29) is 59.1 Å². The van der Waals surface area contributed by atoms with E-state index in [9.17, 15) is 10.5 Å². The Bertz CT molecular complexity index is 123. The molecule has 0 saturated carbocycles. The third kappa shape index (κ3) is 10.4. The maximum Gasteiger partial charge on any atom is 1.00 e. The van der Waals surface area contributed by atoms with Gasteiger partial charge in [-0.1, -0.05) is 0 Å². The van der Waals surface area contributed by atoms with Crippen LogP contribution in [0.1, 0.15) is 40.5 Å². The van der Waals surface area contributed by atoms with Crippen molar-refractivity contribution in [1.82, 2.24) is 0 Å². The van der Waals surface area contributed by atoms with Gasteiger partial charge < -0.3 is 20.3 Å². The van der Waals surface area contributed by atoms with Gasteiger partial charge >= 0.3 is 59.1 Å². The van der Waals surface area contributed by atoms with Crippen molar-refractivity contribution in [2.45, 2.75) is 51.7 Å². The zero-order valence-electron chi connectivity index (χ0n) is 10.0. The Labute approximate surface area is 130 Å². The van der Waals surface area contributed by atoms with E-state index in [1.165, 1.54) is 0 Å². The fourth-order valence-corrected chi connectivity index (χ4v) is 0.685. The van der Waals surface area contributed by atoms with Gasteiger partial charge in [-0.15, -0.1) is 0 Å². The topological polar surface area (TPSA) is 64.6 Å². The van der Waals surface area contributed by atoms with E-state index in [1.54, 1.807) is 27.7 Å². The Morgan fingerprint density at radius 1 is 0.786 bits per heavy atom. The number of hydrogen-bond acceptors (Lipinski definition) is 4. The molecule has 4 nitrogen and oxygen atoms in total. The third-order valence-corrected chi connectivity index (χ3v) is 1.78. The summed E-state index contributed by atoms with van der Waals surface area (Å²) in [5, 5.41) is 20.3. The molecule has 0 bridgehead atoms. The summed E-state index contributed by atoms with van der Waals surface area (Å²) in [4.78, 5) is 7.94. The molecule has 0 aliphatic heterocycles. The average molecular weight is 222 g/mol. The van der Waals surface area contributed by atoms with E-state index in [0.29, 0.717) is 12.8 Å². The molecule has 14 heavy (non-hydrogen) atoms. The van der Waals surface area contributed by atoms with Crippen molar-refractivity contribution in [2.75, 3.05) is 0 Å². The number of hydrogen-bond donors (Lipinski definition) is 0. The molecule has 0 radical (unpaired) electrons. The minimum Gasteiger partial charge on any atom is -0.723 e. The van der Waals surface area contributed by atoms with Crippen LogP contribution in [-0.2, 0) is 9.78 Å². The van der Waals surface area contributed by atoms with Crippen LogP contribution in [0.2, 0.25) is 0 Å². The molecule has 0 aromatic rings. The summed E-state index contributed by atoms with van der Waals surface area (Å²) >= 11 is 0. The largest absolute Gasteiger partial charge is 1.00 e. The van der Waals surface area contributed by atoms with E-state index < -0.39 is 11.2 Å². The maximum atomic E-state index is 10.1. The zero-order chi connectivity index (χ0) is 9.83. The van der Waals surface area contributed by atoms with Crippen LogP contribution in [0.3, 0.4) is 0 Å². The van der Waals surface area contributed by atoms with Gasteiger partial charge in [0.2, 0.25) is 0 Å². The summed E-state index contributed by atoms with van der Waals surface area (Å²) < 4.78 is 0. The van der Waals surface area contributed by atoms with Gasteiger partial charge in [0.05, 0.1) is 11.2 Å². The second-order valence-corrected chi connectivity index (χ2v) is 4.19. The molecule has 0 spiro atoms. The van der Waals surface area contributed by atoms with Crippen LogP contribution in [0, 0.1) is 0 Å². The quantitative estimate of drug-likeness (QED) is 0.264. The van der Waals surface area contributed by atoms with Gasteiger partial charge in [0, 0.05) is 0 Å². The SMILES string of the molecule is CC(C)(CCC(C)(C)O[O-])O[O-].[Na+].[Na+]. The first-order valence-corrected chi connectivity index (χ1v) is 3.95. The van der Waals surface area contributed by atoms with Crippen molar-refractivity contribution >= 4 is 0 Å². The van der Waals surface area contributed by atoms with Gasteiger partial charge in [-0.3, -0.25) is 0 Å². The van der Waals surface area contributed by atoms with Crippen LogP contribution in [0.25, 0.3) is 0 Å². The Hall–Kier alpha value is 1.84. The molecule has 0 amide bonds. The minimum absolute atomic E-state index is 0. The van der Waals surface area contributed by atoms with E-state index in [2.05, 4.69) is 9.78 Å². The van der Waals surface area contributed by atoms with E-state index >= 15 is 0 Å². The van der Waals surface area contributed by atoms with Crippen molar-refractivity contribution in [2.24, 2.45) is 0 Å². The van der Waals surface area contributed by atoms with Crippen LogP contribution in [-0.4, -0.2) is 11.2 Å². The van der Waals surface area contributed by atoms with Gasteiger partial charge in [0.25, 0.3) is 0 Å². The van der Waals surface area contributed by atoms with Gasteiger partial charge in [-0.2, -0.15) is 0 Å². The van der Waals surface area contributed by atoms with E-state index in [1.807, 2.05) is 0 Å². The van der Waals surface area contributed by atoms with Crippen molar-refractivity contribution in [3.8, 4) is 0 Å². The van der Waals surface area contributed by atoms with Gasteiger partial charge in [0.1, 0.15) is 0 Å². The minimum atomic E-state index is -0.726. The summed E-state index contributed by atoms with van der Waals surface area (Å²) in [5.41, 5.74) is -1.45. The van der Waals surface area contributed by atoms with Crippen molar-refractivity contribution in [1.29, 1.82) is 0 Å². The Morgan fingerprint density at radius 2 is 1.00 bits per heavy atom. The van der Waals surface area contributed by atoms with Crippen molar-refractivity contribution in [3.63, 3.8) is 0 Å². The molecule has 0 aliphatic rings. The molecule has 0 heterocycles. The third-order valence-electron chi connectivity index (χ3n) is 1.78. The summed E-state index contributed by atoms with van der Waals surface area (Å²) in [5.74, 6) is 0. The van der Waals surface area contributed by atoms with E-state index in [4.69, 9.17) is 0 Å². The number of rotatable bonds is 5. The first-order chi connectivity index (χ1) is 5.33. The molecule has 0 saturated heterocycles. The van der Waals surface area contributed by atoms with Crippen LogP contribution in [0.5, 0.6) is 0 Å². The molecule has 0 aromatic carbocycles. The molecule has 0 unspecified atom stereocenters. The fraction of sp³-hybridized carbons (Fsp3) is 1.00. The van der Waals surface area contributed by atoms with Gasteiger partial charge in [0.15, 0.2) is 0 Å². The summed E-state index contributed by atoms with van der Waals surface area (Å²) in [6, 6.07) is 0. The molecule has 0 atom stereocenters. The van der Waals surface area contributed by atoms with Crippen LogP contribution in [0.15, 0.2) is 0 Å².